The summed E-state index contributed by atoms with van der Waals surface area (Å²) in [6, 6.07) is 5.83. The molecule has 0 fully saturated rings. The van der Waals surface area contributed by atoms with E-state index in [4.69, 9.17) is 16.3 Å². The minimum Gasteiger partial charge on any atom is -0.485 e. The number of nitrogens with zero attached hydrogens (tertiary/aromatic N) is 1. The fraction of sp³-hybridized carbons (Fsp3) is 0.400. The van der Waals surface area contributed by atoms with E-state index in [2.05, 4.69) is 24.1 Å². The van der Waals surface area contributed by atoms with Gasteiger partial charge in [0.25, 0.3) is 0 Å². The van der Waals surface area contributed by atoms with Crippen molar-refractivity contribution in [3.63, 3.8) is 0 Å². The van der Waals surface area contributed by atoms with Gasteiger partial charge in [-0.05, 0) is 19.0 Å². The van der Waals surface area contributed by atoms with Crippen molar-refractivity contribution in [3.05, 3.63) is 44.9 Å². The van der Waals surface area contributed by atoms with Gasteiger partial charge < -0.3 is 10.1 Å². The quantitative estimate of drug-likeness (QED) is 0.838. The Bertz CT molecular complexity index is 557. The zero-order valence-corrected chi connectivity index (χ0v) is 13.4. The molecule has 0 aliphatic heterocycles. The second-order valence-electron chi connectivity index (χ2n) is 4.38. The number of hydrogen-bond donors (Lipinski definition) is 1. The number of benzene rings is 1. The van der Waals surface area contributed by atoms with Gasteiger partial charge in [0.2, 0.25) is 0 Å². The van der Waals surface area contributed by atoms with Gasteiger partial charge in [0, 0.05) is 17.5 Å². The summed E-state index contributed by atoms with van der Waals surface area (Å²) in [5.74, 6) is 0.751. The molecule has 5 heteroatoms. The maximum Gasteiger partial charge on any atom is 0.142 e. The van der Waals surface area contributed by atoms with Crippen molar-refractivity contribution in [2.75, 3.05) is 6.54 Å². The molecule has 0 unspecified atom stereocenters. The number of thiazole rings is 1. The third-order valence-corrected chi connectivity index (χ3v) is 4.22. The fourth-order valence-electron chi connectivity index (χ4n) is 1.84. The smallest absolute Gasteiger partial charge is 0.142 e. The number of aryl methyl sites for hydroxylation is 1. The maximum atomic E-state index is 6.24. The lowest BCUT2D eigenvalue weighted by molar-refractivity contribution is 0.298. The molecule has 0 radical (unpaired) electrons. The van der Waals surface area contributed by atoms with Gasteiger partial charge in [-0.25, -0.2) is 4.98 Å². The van der Waals surface area contributed by atoms with Crippen molar-refractivity contribution in [3.8, 4) is 5.75 Å². The molecule has 2 rings (SSSR count). The van der Waals surface area contributed by atoms with E-state index < -0.39 is 0 Å². The second-order valence-corrected chi connectivity index (χ2v) is 5.73. The van der Waals surface area contributed by atoms with Crippen LogP contribution in [0.1, 0.15) is 30.1 Å². The van der Waals surface area contributed by atoms with Gasteiger partial charge in [-0.3, -0.25) is 0 Å². The van der Waals surface area contributed by atoms with Crippen molar-refractivity contribution in [1.82, 2.24) is 10.3 Å². The van der Waals surface area contributed by atoms with Gasteiger partial charge in [0.05, 0.1) is 15.7 Å². The average Bonchev–Trinajstić information content (AvgIpc) is 2.92. The Morgan fingerprint density at radius 3 is 2.90 bits per heavy atom. The van der Waals surface area contributed by atoms with Crippen LogP contribution >= 0.6 is 22.9 Å². The van der Waals surface area contributed by atoms with Gasteiger partial charge >= 0.3 is 0 Å². The highest BCUT2D eigenvalue weighted by Crippen LogP contribution is 2.29. The van der Waals surface area contributed by atoms with E-state index >= 15 is 0 Å². The molecule has 0 amide bonds. The number of aromatic nitrogens is 1. The van der Waals surface area contributed by atoms with Crippen LogP contribution in [0.3, 0.4) is 0 Å². The van der Waals surface area contributed by atoms with E-state index in [1.165, 1.54) is 0 Å². The van der Waals surface area contributed by atoms with Crippen LogP contribution in [0.15, 0.2) is 23.6 Å². The minimum atomic E-state index is 0.458. The molecule has 0 atom stereocenters. The molecule has 1 aromatic carbocycles. The largest absolute Gasteiger partial charge is 0.485 e. The fourth-order valence-corrected chi connectivity index (χ4v) is 2.82. The van der Waals surface area contributed by atoms with E-state index in [1.807, 2.05) is 23.6 Å². The Morgan fingerprint density at radius 1 is 1.35 bits per heavy atom. The third-order valence-electron chi connectivity index (χ3n) is 2.88. The molecule has 108 valence electrons. The van der Waals surface area contributed by atoms with E-state index in [0.717, 1.165) is 41.5 Å². The molecule has 0 aliphatic carbocycles. The monoisotopic (exact) mass is 310 g/mol. The molecule has 0 spiro atoms. The molecule has 3 nitrogen and oxygen atoms in total. The van der Waals surface area contributed by atoms with E-state index in [0.29, 0.717) is 11.6 Å². The second kappa shape index (κ2) is 7.62. The number of hydrogen-bond acceptors (Lipinski definition) is 4. The summed E-state index contributed by atoms with van der Waals surface area (Å²) in [6.45, 7) is 6.31. The van der Waals surface area contributed by atoms with Gasteiger partial charge in [-0.2, -0.15) is 0 Å². The van der Waals surface area contributed by atoms with E-state index in [1.54, 1.807) is 11.3 Å². The number of ether oxygens (including phenoxy) is 1. The summed E-state index contributed by atoms with van der Waals surface area (Å²) in [6.07, 6.45) is 0.961. The van der Waals surface area contributed by atoms with Crippen LogP contribution in [-0.2, 0) is 19.6 Å². The Labute approximate surface area is 129 Å². The highest BCUT2D eigenvalue weighted by Gasteiger charge is 2.09. The molecule has 0 bridgehead atoms. The molecule has 1 heterocycles. The Kier molecular flexibility index (Phi) is 5.83. The summed E-state index contributed by atoms with van der Waals surface area (Å²) in [7, 11) is 0. The predicted molar refractivity (Wildman–Crippen MR) is 84.7 cm³/mol. The lowest BCUT2D eigenvalue weighted by Gasteiger charge is -2.12. The molecule has 0 saturated carbocycles. The summed E-state index contributed by atoms with van der Waals surface area (Å²) in [5, 5.41) is 7.11. The van der Waals surface area contributed by atoms with Crippen LogP contribution in [0.5, 0.6) is 5.75 Å². The Morgan fingerprint density at radius 2 is 2.20 bits per heavy atom. The maximum absolute atomic E-state index is 6.24. The topological polar surface area (TPSA) is 34.1 Å². The van der Waals surface area contributed by atoms with Crippen molar-refractivity contribution in [1.29, 1.82) is 0 Å². The van der Waals surface area contributed by atoms with Gasteiger partial charge in [0.15, 0.2) is 0 Å². The highest BCUT2D eigenvalue weighted by atomic mass is 35.5. The number of nitrogens with one attached hydrogen (secondary N) is 1. The summed E-state index contributed by atoms with van der Waals surface area (Å²) < 4.78 is 5.88. The SMILES string of the molecule is CCNCc1cccc(Cl)c1OCc1csc(CC)n1. The van der Waals surface area contributed by atoms with Gasteiger partial charge in [-0.15, -0.1) is 11.3 Å². The van der Waals surface area contributed by atoms with Crippen molar-refractivity contribution < 1.29 is 4.74 Å². The van der Waals surface area contributed by atoms with Gasteiger partial charge in [0.1, 0.15) is 12.4 Å². The zero-order chi connectivity index (χ0) is 14.4. The van der Waals surface area contributed by atoms with Crippen molar-refractivity contribution >= 4 is 22.9 Å². The van der Waals surface area contributed by atoms with E-state index in [9.17, 15) is 0 Å². The van der Waals surface area contributed by atoms with Crippen LogP contribution in [-0.4, -0.2) is 11.5 Å². The molecule has 1 N–H and O–H groups in total. The van der Waals surface area contributed by atoms with Crippen LogP contribution in [0.4, 0.5) is 0 Å². The molecular formula is C15H19ClN2OS. The Balaban J connectivity index is 2.07. The first kappa shape index (κ1) is 15.3. The summed E-state index contributed by atoms with van der Waals surface area (Å²) in [5.41, 5.74) is 2.03. The lowest BCUT2D eigenvalue weighted by Crippen LogP contribution is -2.13. The first-order valence-electron chi connectivity index (χ1n) is 6.78. The van der Waals surface area contributed by atoms with Crippen LogP contribution < -0.4 is 10.1 Å². The molecule has 1 aromatic heterocycles. The van der Waals surface area contributed by atoms with Crippen LogP contribution in [0, 0.1) is 0 Å². The van der Waals surface area contributed by atoms with Gasteiger partial charge in [-0.1, -0.05) is 37.6 Å². The predicted octanol–water partition coefficient (Wildman–Crippen LogP) is 4.05. The molecular weight excluding hydrogens is 292 g/mol. The molecule has 0 saturated heterocycles. The minimum absolute atomic E-state index is 0.458. The molecule has 20 heavy (non-hydrogen) atoms. The third kappa shape index (κ3) is 3.95. The molecule has 2 aromatic rings. The normalized spacial score (nSPS) is 10.8. The molecule has 0 aliphatic rings. The van der Waals surface area contributed by atoms with E-state index in [-0.39, 0.29) is 0 Å². The first-order valence-corrected chi connectivity index (χ1v) is 8.04. The average molecular weight is 311 g/mol. The van der Waals surface area contributed by atoms with Crippen LogP contribution in [0.2, 0.25) is 5.02 Å². The standard InChI is InChI=1S/C15H19ClN2OS/c1-3-14-18-12(10-20-14)9-19-15-11(8-17-4-2)6-5-7-13(15)16/h5-7,10,17H,3-4,8-9H2,1-2H3. The summed E-state index contributed by atoms with van der Waals surface area (Å²) in [4.78, 5) is 4.50. The number of halogens is 1. The Hall–Kier alpha value is -1.10. The number of rotatable bonds is 7. The van der Waals surface area contributed by atoms with Crippen molar-refractivity contribution in [2.45, 2.75) is 33.4 Å². The first-order chi connectivity index (χ1) is 9.74. The van der Waals surface area contributed by atoms with Crippen molar-refractivity contribution in [2.24, 2.45) is 0 Å². The highest BCUT2D eigenvalue weighted by molar-refractivity contribution is 7.09. The zero-order valence-electron chi connectivity index (χ0n) is 11.8. The number of para-hydroxylation sites is 1. The van der Waals surface area contributed by atoms with Crippen LogP contribution in [0.25, 0.3) is 0 Å². The lowest BCUT2D eigenvalue weighted by atomic mass is 10.2. The summed E-state index contributed by atoms with van der Waals surface area (Å²) >= 11 is 7.91.